The van der Waals surface area contributed by atoms with E-state index >= 15 is 0 Å². The molecule has 0 amide bonds. The number of hydrogen-bond acceptors (Lipinski definition) is 6. The van der Waals surface area contributed by atoms with Crippen LogP contribution in [0.25, 0.3) is 0 Å². The Morgan fingerprint density at radius 2 is 0.673 bits per heavy atom. The Morgan fingerprint density at radius 1 is 0.388 bits per heavy atom. The lowest BCUT2D eigenvalue weighted by molar-refractivity contribution is -0.167. The van der Waals surface area contributed by atoms with E-state index in [1.807, 2.05) is 0 Å². The molecule has 0 radical (unpaired) electrons. The highest BCUT2D eigenvalue weighted by atomic mass is 16.6. The Balaban J connectivity index is 4.13. The molecule has 6 nitrogen and oxygen atoms in total. The van der Waals surface area contributed by atoms with Gasteiger partial charge in [0.2, 0.25) is 0 Å². The van der Waals surface area contributed by atoms with Crippen LogP contribution < -0.4 is 0 Å². The number of allylic oxidation sites excluding steroid dienone is 2. The van der Waals surface area contributed by atoms with Crippen LogP contribution in [0.15, 0.2) is 12.2 Å². The Bertz CT molecular complexity index is 763. The molecule has 1 atom stereocenters. The van der Waals surface area contributed by atoms with Crippen LogP contribution in [0.3, 0.4) is 0 Å². The first-order chi connectivity index (χ1) is 24.0. The summed E-state index contributed by atoms with van der Waals surface area (Å²) in [5.74, 6) is -0.890. The molecule has 0 fully saturated rings. The summed E-state index contributed by atoms with van der Waals surface area (Å²) in [6.07, 6.45) is 39.5. The summed E-state index contributed by atoms with van der Waals surface area (Å²) in [5, 5.41) is 0. The van der Waals surface area contributed by atoms with E-state index in [1.165, 1.54) is 122 Å². The highest BCUT2D eigenvalue weighted by Gasteiger charge is 2.19. The summed E-state index contributed by atoms with van der Waals surface area (Å²) in [6, 6.07) is 0. The zero-order valence-electron chi connectivity index (χ0n) is 32.7. The predicted molar refractivity (Wildman–Crippen MR) is 206 cm³/mol. The van der Waals surface area contributed by atoms with Crippen LogP contribution in [0.5, 0.6) is 0 Å². The van der Waals surface area contributed by atoms with Crippen LogP contribution in [-0.4, -0.2) is 37.2 Å². The van der Waals surface area contributed by atoms with Crippen molar-refractivity contribution >= 4 is 17.9 Å². The standard InChI is InChI=1S/C43H80O6/c1-4-7-10-13-15-17-18-19-20-21-22-23-24-25-26-28-30-33-36-42(45)48-39-40(38-47-41(44)35-32-29-12-9-6-3)49-43(46)37-34-31-27-16-14-11-8-5-2/h20-21,40H,4-19,22-39H2,1-3H3/b21-20-. The first kappa shape index (κ1) is 47.1. The van der Waals surface area contributed by atoms with E-state index in [-0.39, 0.29) is 31.1 Å². The van der Waals surface area contributed by atoms with E-state index in [9.17, 15) is 14.4 Å². The molecule has 288 valence electrons. The molecule has 0 rings (SSSR count). The molecule has 49 heavy (non-hydrogen) atoms. The monoisotopic (exact) mass is 693 g/mol. The van der Waals surface area contributed by atoms with E-state index in [0.717, 1.165) is 64.2 Å². The minimum absolute atomic E-state index is 0.0702. The van der Waals surface area contributed by atoms with Crippen LogP contribution >= 0.6 is 0 Å². The van der Waals surface area contributed by atoms with Gasteiger partial charge < -0.3 is 14.2 Å². The number of carbonyl (C=O) groups excluding carboxylic acids is 3. The highest BCUT2D eigenvalue weighted by Crippen LogP contribution is 2.14. The van der Waals surface area contributed by atoms with Crippen LogP contribution in [-0.2, 0) is 28.6 Å². The lowest BCUT2D eigenvalue weighted by atomic mass is 10.1. The molecule has 0 spiro atoms. The minimum Gasteiger partial charge on any atom is -0.462 e. The SMILES string of the molecule is CCCCCCCCC/C=C\CCCCCCCCCC(=O)OCC(COC(=O)CCCCCCC)OC(=O)CCCCCCCCCC. The van der Waals surface area contributed by atoms with E-state index in [1.54, 1.807) is 0 Å². The second-order valence-corrected chi connectivity index (χ2v) is 14.3. The van der Waals surface area contributed by atoms with Crippen molar-refractivity contribution < 1.29 is 28.6 Å². The first-order valence-electron chi connectivity index (χ1n) is 21.2. The number of hydrogen-bond donors (Lipinski definition) is 0. The second kappa shape index (κ2) is 38.9. The minimum atomic E-state index is -0.760. The van der Waals surface area contributed by atoms with Gasteiger partial charge in [-0.3, -0.25) is 14.4 Å². The molecule has 0 aromatic heterocycles. The van der Waals surface area contributed by atoms with Crippen molar-refractivity contribution in [1.29, 1.82) is 0 Å². The molecule has 0 bridgehead atoms. The van der Waals surface area contributed by atoms with Gasteiger partial charge in [-0.05, 0) is 44.9 Å². The average Bonchev–Trinajstić information content (AvgIpc) is 3.09. The van der Waals surface area contributed by atoms with Gasteiger partial charge >= 0.3 is 17.9 Å². The molecule has 6 heteroatoms. The zero-order valence-corrected chi connectivity index (χ0v) is 32.7. The number of carbonyl (C=O) groups is 3. The molecule has 0 heterocycles. The van der Waals surface area contributed by atoms with Gasteiger partial charge in [-0.25, -0.2) is 0 Å². The summed E-state index contributed by atoms with van der Waals surface area (Å²) >= 11 is 0. The third-order valence-corrected chi connectivity index (χ3v) is 9.27. The van der Waals surface area contributed by atoms with Crippen LogP contribution in [0.4, 0.5) is 0 Å². The van der Waals surface area contributed by atoms with Crippen molar-refractivity contribution in [1.82, 2.24) is 0 Å². The van der Waals surface area contributed by atoms with Gasteiger partial charge in [-0.15, -0.1) is 0 Å². The average molecular weight is 693 g/mol. The lowest BCUT2D eigenvalue weighted by Gasteiger charge is -2.18. The maximum atomic E-state index is 12.5. The van der Waals surface area contributed by atoms with E-state index < -0.39 is 6.10 Å². The van der Waals surface area contributed by atoms with Crippen LogP contribution in [0.2, 0.25) is 0 Å². The van der Waals surface area contributed by atoms with Crippen molar-refractivity contribution in [3.63, 3.8) is 0 Å². The van der Waals surface area contributed by atoms with Gasteiger partial charge in [-0.2, -0.15) is 0 Å². The summed E-state index contributed by atoms with van der Waals surface area (Å²) in [5.41, 5.74) is 0. The number of esters is 3. The smallest absolute Gasteiger partial charge is 0.306 e. The Kier molecular flexibility index (Phi) is 37.5. The summed E-state index contributed by atoms with van der Waals surface area (Å²) < 4.78 is 16.5. The van der Waals surface area contributed by atoms with Crippen molar-refractivity contribution in [2.45, 2.75) is 232 Å². The zero-order chi connectivity index (χ0) is 35.9. The lowest BCUT2D eigenvalue weighted by Crippen LogP contribution is -2.30. The normalized spacial score (nSPS) is 12.0. The maximum absolute atomic E-state index is 12.5. The molecular formula is C43H80O6. The van der Waals surface area contributed by atoms with Gasteiger partial charge in [0, 0.05) is 19.3 Å². The van der Waals surface area contributed by atoms with E-state index in [0.29, 0.717) is 19.3 Å². The molecule has 1 unspecified atom stereocenters. The largest absolute Gasteiger partial charge is 0.462 e. The van der Waals surface area contributed by atoms with Gasteiger partial charge in [0.1, 0.15) is 13.2 Å². The molecule has 0 aromatic carbocycles. The molecule has 0 saturated heterocycles. The Morgan fingerprint density at radius 3 is 1.02 bits per heavy atom. The summed E-state index contributed by atoms with van der Waals surface area (Å²) in [6.45, 7) is 6.51. The Labute approximate surface area is 303 Å². The third-order valence-electron chi connectivity index (χ3n) is 9.27. The van der Waals surface area contributed by atoms with Crippen molar-refractivity contribution in [3.05, 3.63) is 12.2 Å². The predicted octanol–water partition coefficient (Wildman–Crippen LogP) is 13.1. The van der Waals surface area contributed by atoms with Gasteiger partial charge in [-0.1, -0.05) is 174 Å². The van der Waals surface area contributed by atoms with Gasteiger partial charge in [0.05, 0.1) is 0 Å². The van der Waals surface area contributed by atoms with Crippen molar-refractivity contribution in [3.8, 4) is 0 Å². The van der Waals surface area contributed by atoms with Crippen molar-refractivity contribution in [2.24, 2.45) is 0 Å². The molecular weight excluding hydrogens is 612 g/mol. The quantitative estimate of drug-likeness (QED) is 0.0277. The summed E-state index contributed by atoms with van der Waals surface area (Å²) in [7, 11) is 0. The fourth-order valence-corrected chi connectivity index (χ4v) is 6.02. The third kappa shape index (κ3) is 37.2. The Hall–Kier alpha value is -1.85. The topological polar surface area (TPSA) is 78.9 Å². The van der Waals surface area contributed by atoms with Gasteiger partial charge in [0.15, 0.2) is 6.10 Å². The van der Waals surface area contributed by atoms with E-state index in [4.69, 9.17) is 14.2 Å². The van der Waals surface area contributed by atoms with Gasteiger partial charge in [0.25, 0.3) is 0 Å². The van der Waals surface area contributed by atoms with Crippen LogP contribution in [0.1, 0.15) is 226 Å². The molecule has 0 N–H and O–H groups in total. The number of unbranched alkanes of at least 4 members (excludes halogenated alkanes) is 25. The molecule has 0 aliphatic carbocycles. The second-order valence-electron chi connectivity index (χ2n) is 14.3. The van der Waals surface area contributed by atoms with Crippen LogP contribution in [0, 0.1) is 0 Å². The molecule has 0 saturated carbocycles. The van der Waals surface area contributed by atoms with Crippen molar-refractivity contribution in [2.75, 3.05) is 13.2 Å². The molecule has 0 aliphatic heterocycles. The fourth-order valence-electron chi connectivity index (χ4n) is 6.02. The number of ether oxygens (including phenoxy) is 3. The number of rotatable bonds is 38. The first-order valence-corrected chi connectivity index (χ1v) is 21.2. The fraction of sp³-hybridized carbons (Fsp3) is 0.884. The molecule has 0 aliphatic rings. The molecule has 0 aromatic rings. The summed E-state index contributed by atoms with van der Waals surface area (Å²) in [4.78, 5) is 37.2. The highest BCUT2D eigenvalue weighted by molar-refractivity contribution is 5.71. The van der Waals surface area contributed by atoms with E-state index in [2.05, 4.69) is 32.9 Å². The maximum Gasteiger partial charge on any atom is 0.306 e.